The molecule has 0 aromatic heterocycles. The summed E-state index contributed by atoms with van der Waals surface area (Å²) in [5.74, 6) is -0.225. The largest absolute Gasteiger partial charge is 0.490 e. The molecule has 0 amide bonds. The van der Waals surface area contributed by atoms with Crippen LogP contribution in [0.15, 0.2) is 18.2 Å². The van der Waals surface area contributed by atoms with Gasteiger partial charge in [-0.15, -0.1) is 0 Å². The summed E-state index contributed by atoms with van der Waals surface area (Å²) in [6, 6.07) is 4.80. The number of hydrogen-bond donors (Lipinski definition) is 1. The second-order valence-electron chi connectivity index (χ2n) is 3.92. The van der Waals surface area contributed by atoms with Crippen LogP contribution in [0.2, 0.25) is 5.02 Å². The summed E-state index contributed by atoms with van der Waals surface area (Å²) in [5, 5.41) is 3.21. The van der Waals surface area contributed by atoms with Crippen LogP contribution in [0.4, 0.5) is 4.39 Å². The third kappa shape index (κ3) is 5.37. The molecule has 0 heterocycles. The van der Waals surface area contributed by atoms with E-state index in [1.165, 1.54) is 18.9 Å². The second-order valence-corrected chi connectivity index (χ2v) is 4.33. The molecule has 0 radical (unpaired) electrons. The molecule has 0 unspecified atom stereocenters. The smallest absolute Gasteiger partial charge is 0.183 e. The Kier molecular flexibility index (Phi) is 6.97. The van der Waals surface area contributed by atoms with Crippen LogP contribution in [0.25, 0.3) is 0 Å². The van der Waals surface area contributed by atoms with E-state index in [0.717, 1.165) is 19.4 Å². The van der Waals surface area contributed by atoms with Crippen molar-refractivity contribution in [3.63, 3.8) is 0 Å². The predicted molar refractivity (Wildman–Crippen MR) is 69.3 cm³/mol. The van der Waals surface area contributed by atoms with E-state index in [-0.39, 0.29) is 10.8 Å². The van der Waals surface area contributed by atoms with Gasteiger partial charge in [0.05, 0.1) is 11.6 Å². The van der Waals surface area contributed by atoms with Crippen molar-refractivity contribution in [3.8, 4) is 5.75 Å². The minimum atomic E-state index is -0.468. The van der Waals surface area contributed by atoms with Gasteiger partial charge in [-0.05, 0) is 38.6 Å². The van der Waals surface area contributed by atoms with E-state index in [1.54, 1.807) is 12.1 Å². The molecule has 0 saturated heterocycles. The maximum Gasteiger partial charge on any atom is 0.183 e. The molecule has 0 aliphatic rings. The number of hydrogen-bond acceptors (Lipinski definition) is 2. The van der Waals surface area contributed by atoms with E-state index < -0.39 is 5.82 Å². The van der Waals surface area contributed by atoms with Crippen molar-refractivity contribution in [2.45, 2.75) is 25.7 Å². The molecule has 17 heavy (non-hydrogen) atoms. The van der Waals surface area contributed by atoms with Gasteiger partial charge in [-0.2, -0.15) is 0 Å². The van der Waals surface area contributed by atoms with Gasteiger partial charge in [0.15, 0.2) is 11.6 Å². The third-order valence-electron chi connectivity index (χ3n) is 2.49. The number of halogens is 2. The maximum absolute atomic E-state index is 13.4. The van der Waals surface area contributed by atoms with Crippen molar-refractivity contribution in [3.05, 3.63) is 29.0 Å². The molecule has 4 heteroatoms. The number of ether oxygens (including phenoxy) is 1. The predicted octanol–water partition coefficient (Wildman–Crippen LogP) is 3.64. The van der Waals surface area contributed by atoms with E-state index in [2.05, 4.69) is 5.32 Å². The van der Waals surface area contributed by atoms with Gasteiger partial charge in [-0.3, -0.25) is 0 Å². The van der Waals surface area contributed by atoms with Crippen molar-refractivity contribution < 1.29 is 9.13 Å². The van der Waals surface area contributed by atoms with Gasteiger partial charge in [0.1, 0.15) is 0 Å². The van der Waals surface area contributed by atoms with E-state index in [9.17, 15) is 4.39 Å². The summed E-state index contributed by atoms with van der Waals surface area (Å²) in [4.78, 5) is 0. The summed E-state index contributed by atoms with van der Waals surface area (Å²) in [6.07, 6.45) is 4.38. The second kappa shape index (κ2) is 8.31. The first-order valence-electron chi connectivity index (χ1n) is 5.97. The molecular weight excluding hydrogens is 241 g/mol. The van der Waals surface area contributed by atoms with Crippen LogP contribution in [0.1, 0.15) is 25.7 Å². The number of unbranched alkanes of at least 4 members (excludes halogenated alkanes) is 3. The molecule has 0 bridgehead atoms. The lowest BCUT2D eigenvalue weighted by Gasteiger charge is -2.07. The molecule has 1 aromatic carbocycles. The fraction of sp³-hybridized carbons (Fsp3) is 0.538. The Labute approximate surface area is 107 Å². The Morgan fingerprint density at radius 1 is 1.24 bits per heavy atom. The van der Waals surface area contributed by atoms with Gasteiger partial charge in [0, 0.05) is 0 Å². The minimum Gasteiger partial charge on any atom is -0.490 e. The van der Waals surface area contributed by atoms with Crippen molar-refractivity contribution in [2.75, 3.05) is 20.2 Å². The molecule has 0 atom stereocenters. The van der Waals surface area contributed by atoms with Crippen LogP contribution in [0.5, 0.6) is 5.75 Å². The number of nitrogens with one attached hydrogen (secondary N) is 1. The van der Waals surface area contributed by atoms with Crippen molar-refractivity contribution >= 4 is 11.6 Å². The lowest BCUT2D eigenvalue weighted by Crippen LogP contribution is -2.07. The summed E-state index contributed by atoms with van der Waals surface area (Å²) < 4.78 is 18.8. The van der Waals surface area contributed by atoms with Crippen LogP contribution in [-0.4, -0.2) is 20.2 Å². The first-order valence-corrected chi connectivity index (χ1v) is 6.35. The number of benzene rings is 1. The molecule has 2 nitrogen and oxygen atoms in total. The fourth-order valence-corrected chi connectivity index (χ4v) is 1.70. The summed E-state index contributed by atoms with van der Waals surface area (Å²) >= 11 is 5.65. The average Bonchev–Trinajstić information content (AvgIpc) is 2.33. The lowest BCUT2D eigenvalue weighted by molar-refractivity contribution is 0.290. The SMILES string of the molecule is CNCCCCCCOc1cccc(Cl)c1F. The zero-order valence-electron chi connectivity index (χ0n) is 10.1. The Hall–Kier alpha value is -0.800. The van der Waals surface area contributed by atoms with Crippen LogP contribution >= 0.6 is 11.6 Å². The summed E-state index contributed by atoms with van der Waals surface area (Å²) in [5.41, 5.74) is 0. The number of rotatable bonds is 8. The van der Waals surface area contributed by atoms with Gasteiger partial charge in [0.25, 0.3) is 0 Å². The van der Waals surface area contributed by atoms with Gasteiger partial charge < -0.3 is 10.1 Å². The molecule has 0 saturated carbocycles. The van der Waals surface area contributed by atoms with E-state index in [1.807, 2.05) is 7.05 Å². The molecule has 96 valence electrons. The van der Waals surface area contributed by atoms with Gasteiger partial charge in [-0.1, -0.05) is 30.5 Å². The van der Waals surface area contributed by atoms with Gasteiger partial charge >= 0.3 is 0 Å². The first-order chi connectivity index (χ1) is 8.25. The van der Waals surface area contributed by atoms with Crippen molar-refractivity contribution in [2.24, 2.45) is 0 Å². The van der Waals surface area contributed by atoms with Gasteiger partial charge in [0.2, 0.25) is 0 Å². The summed E-state index contributed by atoms with van der Waals surface area (Å²) in [7, 11) is 1.95. The topological polar surface area (TPSA) is 21.3 Å². The van der Waals surface area contributed by atoms with E-state index in [0.29, 0.717) is 6.61 Å². The van der Waals surface area contributed by atoms with Crippen molar-refractivity contribution in [1.29, 1.82) is 0 Å². The molecule has 0 spiro atoms. The highest BCUT2D eigenvalue weighted by Gasteiger charge is 2.06. The minimum absolute atomic E-state index is 0.108. The van der Waals surface area contributed by atoms with Crippen LogP contribution < -0.4 is 10.1 Å². The highest BCUT2D eigenvalue weighted by atomic mass is 35.5. The first kappa shape index (κ1) is 14.3. The van der Waals surface area contributed by atoms with Crippen LogP contribution in [-0.2, 0) is 0 Å². The normalized spacial score (nSPS) is 10.5. The lowest BCUT2D eigenvalue weighted by atomic mass is 10.2. The zero-order valence-corrected chi connectivity index (χ0v) is 10.9. The molecule has 1 rings (SSSR count). The summed E-state index contributed by atoms with van der Waals surface area (Å²) in [6.45, 7) is 1.58. The van der Waals surface area contributed by atoms with Crippen LogP contribution in [0, 0.1) is 5.82 Å². The highest BCUT2D eigenvalue weighted by molar-refractivity contribution is 6.30. The Balaban J connectivity index is 2.16. The fourth-order valence-electron chi connectivity index (χ4n) is 1.54. The van der Waals surface area contributed by atoms with Crippen molar-refractivity contribution in [1.82, 2.24) is 5.32 Å². The monoisotopic (exact) mass is 259 g/mol. The Morgan fingerprint density at radius 3 is 2.76 bits per heavy atom. The molecule has 0 aliphatic heterocycles. The standard InChI is InChI=1S/C13H19ClFNO/c1-16-9-4-2-3-5-10-17-12-8-6-7-11(14)13(12)15/h6-8,16H,2-5,9-10H2,1H3. The van der Waals surface area contributed by atoms with Gasteiger partial charge in [-0.25, -0.2) is 4.39 Å². The quantitative estimate of drug-likeness (QED) is 0.720. The molecule has 1 N–H and O–H groups in total. The Bertz CT molecular complexity index is 333. The highest BCUT2D eigenvalue weighted by Crippen LogP contribution is 2.24. The van der Waals surface area contributed by atoms with Crippen LogP contribution in [0.3, 0.4) is 0 Å². The average molecular weight is 260 g/mol. The maximum atomic E-state index is 13.4. The Morgan fingerprint density at radius 2 is 2.00 bits per heavy atom. The van der Waals surface area contributed by atoms with E-state index in [4.69, 9.17) is 16.3 Å². The van der Waals surface area contributed by atoms with E-state index >= 15 is 0 Å². The molecular formula is C13H19ClFNO. The molecule has 0 fully saturated rings. The zero-order chi connectivity index (χ0) is 12.5. The molecule has 0 aliphatic carbocycles. The molecule has 1 aromatic rings. The third-order valence-corrected chi connectivity index (χ3v) is 2.79.